The number of hydrogen-bond donors (Lipinski definition) is 1. The molecule has 0 bridgehead atoms. The van der Waals surface area contributed by atoms with E-state index >= 15 is 0 Å². The van der Waals surface area contributed by atoms with Gasteiger partial charge in [-0.05, 0) is 24.6 Å². The van der Waals surface area contributed by atoms with Crippen molar-refractivity contribution in [1.29, 1.82) is 0 Å². The summed E-state index contributed by atoms with van der Waals surface area (Å²) < 4.78 is 10.7. The van der Waals surface area contributed by atoms with Crippen LogP contribution < -0.4 is 0 Å². The quantitative estimate of drug-likeness (QED) is 0.278. The van der Waals surface area contributed by atoms with Crippen molar-refractivity contribution >= 4 is 18.5 Å². The molecule has 21 heavy (non-hydrogen) atoms. The summed E-state index contributed by atoms with van der Waals surface area (Å²) >= 11 is 5.00. The first kappa shape index (κ1) is 21.5. The van der Waals surface area contributed by atoms with Gasteiger partial charge in [0.25, 0.3) is 0 Å². The molecule has 1 N–H and O–H groups in total. The molecule has 0 aliphatic rings. The van der Waals surface area contributed by atoms with Crippen molar-refractivity contribution in [3.8, 4) is 0 Å². The van der Waals surface area contributed by atoms with Gasteiger partial charge in [-0.25, -0.2) is 0 Å². The van der Waals surface area contributed by atoms with Crippen LogP contribution in [-0.2, 0) is 20.9 Å². The van der Waals surface area contributed by atoms with E-state index in [0.717, 1.165) is 25.7 Å². The Hall–Kier alpha value is 0.530. The number of unbranched alkanes of at least 4 members (excludes halogenated alkanes) is 10. The molecule has 0 aromatic heterocycles. The van der Waals surface area contributed by atoms with Gasteiger partial charge in [0.1, 0.15) is 0 Å². The molecule has 0 saturated carbocycles. The Labute approximate surface area is 137 Å². The SMILES string of the molecule is CCCCCCCCOP(O)(=S)OCCCCCCCC. The van der Waals surface area contributed by atoms with Crippen LogP contribution in [0.2, 0.25) is 0 Å². The van der Waals surface area contributed by atoms with E-state index in [4.69, 9.17) is 20.9 Å². The zero-order chi connectivity index (χ0) is 15.8. The third-order valence-electron chi connectivity index (χ3n) is 3.50. The normalized spacial score (nSPS) is 12.0. The summed E-state index contributed by atoms with van der Waals surface area (Å²) in [7, 11) is 0. The summed E-state index contributed by atoms with van der Waals surface area (Å²) in [5.74, 6) is 0. The minimum Gasteiger partial charge on any atom is -0.324 e. The summed E-state index contributed by atoms with van der Waals surface area (Å²) in [6, 6.07) is 0. The van der Waals surface area contributed by atoms with E-state index in [2.05, 4.69) is 13.8 Å². The standard InChI is InChI=1S/C16H35O3PS/c1-3-5-7-9-11-13-15-18-20(17,21)19-16-14-12-10-8-6-4-2/h3-16H2,1-2H3,(H,17,21). The number of hydrogen-bond acceptors (Lipinski definition) is 3. The Morgan fingerprint density at radius 2 is 1.00 bits per heavy atom. The van der Waals surface area contributed by atoms with Crippen molar-refractivity contribution in [3.05, 3.63) is 0 Å². The van der Waals surface area contributed by atoms with Gasteiger partial charge in [0, 0.05) is 0 Å². The highest BCUT2D eigenvalue weighted by Crippen LogP contribution is 2.43. The molecule has 0 aliphatic heterocycles. The lowest BCUT2D eigenvalue weighted by atomic mass is 10.1. The molecule has 0 fully saturated rings. The summed E-state index contributed by atoms with van der Waals surface area (Å²) in [4.78, 5) is 9.88. The van der Waals surface area contributed by atoms with Crippen molar-refractivity contribution in [2.75, 3.05) is 13.2 Å². The second-order valence-electron chi connectivity index (χ2n) is 5.67. The topological polar surface area (TPSA) is 38.7 Å². The van der Waals surface area contributed by atoms with Gasteiger partial charge in [0.05, 0.1) is 13.2 Å². The fourth-order valence-electron chi connectivity index (χ4n) is 2.16. The minimum absolute atomic E-state index is 0.524. The molecule has 0 spiro atoms. The van der Waals surface area contributed by atoms with E-state index in [-0.39, 0.29) is 0 Å². The molecule has 5 heteroatoms. The summed E-state index contributed by atoms with van der Waals surface area (Å²) in [5.41, 5.74) is 0. The highest BCUT2D eigenvalue weighted by molar-refractivity contribution is 8.07. The second kappa shape index (κ2) is 15.4. The van der Waals surface area contributed by atoms with E-state index in [9.17, 15) is 4.89 Å². The number of rotatable bonds is 16. The molecular weight excluding hydrogens is 303 g/mol. The lowest BCUT2D eigenvalue weighted by molar-refractivity contribution is 0.190. The molecule has 0 amide bonds. The maximum Gasteiger partial charge on any atom is 0.324 e. The average molecular weight is 338 g/mol. The molecule has 128 valence electrons. The fraction of sp³-hybridized carbons (Fsp3) is 1.00. The molecule has 0 radical (unpaired) electrons. The Balaban J connectivity index is 3.37. The van der Waals surface area contributed by atoms with Gasteiger partial charge in [0.15, 0.2) is 0 Å². The lowest BCUT2D eigenvalue weighted by Gasteiger charge is -2.15. The van der Waals surface area contributed by atoms with Gasteiger partial charge in [-0.1, -0.05) is 78.1 Å². The van der Waals surface area contributed by atoms with Crippen LogP contribution in [-0.4, -0.2) is 18.1 Å². The molecular formula is C16H35O3PS. The lowest BCUT2D eigenvalue weighted by Crippen LogP contribution is -1.98. The smallest absolute Gasteiger partial charge is 0.324 e. The van der Waals surface area contributed by atoms with E-state index < -0.39 is 6.72 Å². The third-order valence-corrected chi connectivity index (χ3v) is 5.15. The third kappa shape index (κ3) is 16.7. The maximum atomic E-state index is 9.88. The molecule has 0 atom stereocenters. The first-order chi connectivity index (χ1) is 10.1. The molecule has 0 unspecified atom stereocenters. The van der Waals surface area contributed by atoms with Crippen molar-refractivity contribution in [2.45, 2.75) is 90.9 Å². The van der Waals surface area contributed by atoms with Crippen LogP contribution in [0.5, 0.6) is 0 Å². The van der Waals surface area contributed by atoms with Crippen LogP contribution in [0.15, 0.2) is 0 Å². The molecule has 0 aromatic rings. The summed E-state index contributed by atoms with van der Waals surface area (Å²) in [6.45, 7) is 2.50. The Morgan fingerprint density at radius 3 is 1.38 bits per heavy atom. The fourth-order valence-corrected chi connectivity index (χ4v) is 3.40. The van der Waals surface area contributed by atoms with Crippen molar-refractivity contribution in [3.63, 3.8) is 0 Å². The van der Waals surface area contributed by atoms with Crippen LogP contribution in [0.1, 0.15) is 90.9 Å². The molecule has 0 aliphatic carbocycles. The highest BCUT2D eigenvalue weighted by atomic mass is 32.5. The van der Waals surface area contributed by atoms with Crippen molar-refractivity contribution in [2.24, 2.45) is 0 Å². The van der Waals surface area contributed by atoms with Crippen molar-refractivity contribution < 1.29 is 13.9 Å². The molecule has 0 aromatic carbocycles. The van der Waals surface area contributed by atoms with Crippen LogP contribution in [0.4, 0.5) is 0 Å². The van der Waals surface area contributed by atoms with Crippen molar-refractivity contribution in [1.82, 2.24) is 0 Å². The van der Waals surface area contributed by atoms with Crippen LogP contribution >= 0.6 is 6.72 Å². The van der Waals surface area contributed by atoms with Gasteiger partial charge in [-0.15, -0.1) is 0 Å². The second-order valence-corrected chi connectivity index (χ2v) is 8.51. The first-order valence-corrected chi connectivity index (χ1v) is 11.3. The summed E-state index contributed by atoms with van der Waals surface area (Å²) in [5, 5.41) is 0. The molecule has 0 heterocycles. The first-order valence-electron chi connectivity index (χ1n) is 8.74. The van der Waals surface area contributed by atoms with E-state index in [1.54, 1.807) is 0 Å². The van der Waals surface area contributed by atoms with Gasteiger partial charge in [0.2, 0.25) is 0 Å². The van der Waals surface area contributed by atoms with Crippen LogP contribution in [0.3, 0.4) is 0 Å². The zero-order valence-corrected chi connectivity index (χ0v) is 15.7. The Kier molecular flexibility index (Phi) is 15.8. The van der Waals surface area contributed by atoms with E-state index in [1.165, 1.54) is 51.4 Å². The van der Waals surface area contributed by atoms with E-state index in [0.29, 0.717) is 13.2 Å². The van der Waals surface area contributed by atoms with Gasteiger partial charge < -0.3 is 13.9 Å². The highest BCUT2D eigenvalue weighted by Gasteiger charge is 2.13. The summed E-state index contributed by atoms with van der Waals surface area (Å²) in [6.07, 6.45) is 14.4. The van der Waals surface area contributed by atoms with Gasteiger partial charge >= 0.3 is 6.72 Å². The van der Waals surface area contributed by atoms with E-state index in [1.807, 2.05) is 0 Å². The van der Waals surface area contributed by atoms with Crippen LogP contribution in [0.25, 0.3) is 0 Å². The van der Waals surface area contributed by atoms with Gasteiger partial charge in [-0.3, -0.25) is 0 Å². The Bertz CT molecular complexity index is 240. The zero-order valence-electron chi connectivity index (χ0n) is 14.0. The van der Waals surface area contributed by atoms with Gasteiger partial charge in [-0.2, -0.15) is 0 Å². The average Bonchev–Trinajstić information content (AvgIpc) is 2.45. The van der Waals surface area contributed by atoms with Crippen LogP contribution in [0, 0.1) is 0 Å². The molecule has 0 saturated heterocycles. The monoisotopic (exact) mass is 338 g/mol. The Morgan fingerprint density at radius 1 is 0.667 bits per heavy atom. The predicted octanol–water partition coefficient (Wildman–Crippen LogP) is 5.96. The maximum absolute atomic E-state index is 9.88. The minimum atomic E-state index is -2.98. The largest absolute Gasteiger partial charge is 0.324 e. The predicted molar refractivity (Wildman–Crippen MR) is 95.2 cm³/mol. The molecule has 3 nitrogen and oxygen atoms in total. The molecule has 0 rings (SSSR count).